The van der Waals surface area contributed by atoms with Crippen molar-refractivity contribution in [2.45, 2.75) is 25.4 Å². The maximum atomic E-state index is 12.2. The molecule has 0 spiro atoms. The zero-order chi connectivity index (χ0) is 14.5. The van der Waals surface area contributed by atoms with E-state index in [1.807, 2.05) is 6.92 Å². The van der Waals surface area contributed by atoms with Crippen molar-refractivity contribution in [2.24, 2.45) is 0 Å². The number of hydrogen-bond acceptors (Lipinski definition) is 4. The lowest BCUT2D eigenvalue weighted by atomic mass is 10.1. The van der Waals surface area contributed by atoms with E-state index < -0.39 is 12.0 Å². The summed E-state index contributed by atoms with van der Waals surface area (Å²) in [5.74, 6) is 0.717. The van der Waals surface area contributed by atoms with Crippen LogP contribution in [0.1, 0.15) is 12.6 Å². The van der Waals surface area contributed by atoms with E-state index in [4.69, 9.17) is 0 Å². The monoisotopic (exact) mass is 298 g/mol. The minimum Gasteiger partial charge on any atom is -0.480 e. The van der Waals surface area contributed by atoms with E-state index in [-0.39, 0.29) is 18.5 Å². The van der Waals surface area contributed by atoms with Gasteiger partial charge in [0.15, 0.2) is 0 Å². The predicted molar refractivity (Wildman–Crippen MR) is 75.7 cm³/mol. The molecule has 2 heterocycles. The lowest BCUT2D eigenvalue weighted by Crippen LogP contribution is -2.53. The normalized spacial score (nSPS) is 20.4. The summed E-state index contributed by atoms with van der Waals surface area (Å²) < 4.78 is 0. The number of amides is 2. The molecule has 8 heteroatoms. The van der Waals surface area contributed by atoms with Crippen molar-refractivity contribution in [2.75, 3.05) is 18.1 Å². The van der Waals surface area contributed by atoms with Crippen LogP contribution in [0.15, 0.2) is 12.5 Å². The lowest BCUT2D eigenvalue weighted by molar-refractivity contribution is -0.139. The average molecular weight is 298 g/mol. The molecule has 0 aliphatic carbocycles. The molecule has 1 unspecified atom stereocenters. The van der Waals surface area contributed by atoms with Gasteiger partial charge in [-0.3, -0.25) is 0 Å². The summed E-state index contributed by atoms with van der Waals surface area (Å²) in [5.41, 5.74) is 0.681. The highest BCUT2D eigenvalue weighted by atomic mass is 32.2. The molecule has 1 aliphatic heterocycles. The largest absolute Gasteiger partial charge is 0.480 e. The lowest BCUT2D eigenvalue weighted by Gasteiger charge is -2.33. The molecule has 1 fully saturated rings. The molecule has 3 N–H and O–H groups in total. The predicted octanol–water partition coefficient (Wildman–Crippen LogP) is 0.552. The second-order valence-electron chi connectivity index (χ2n) is 4.74. The second kappa shape index (κ2) is 6.65. The number of carboxylic acid groups (broad SMARTS) is 1. The number of aliphatic carboxylic acids is 1. The van der Waals surface area contributed by atoms with Gasteiger partial charge in [-0.05, 0) is 6.92 Å². The Morgan fingerprint density at radius 2 is 2.50 bits per heavy atom. The number of imidazole rings is 1. The SMILES string of the molecule is CC1CSCCN1C(=O)N[C@H](Cc1cnc[nH]1)C(=O)O. The summed E-state index contributed by atoms with van der Waals surface area (Å²) in [6.45, 7) is 2.62. The molecule has 0 saturated carbocycles. The number of thioether (sulfide) groups is 1. The third kappa shape index (κ3) is 3.66. The summed E-state index contributed by atoms with van der Waals surface area (Å²) >= 11 is 1.80. The number of carboxylic acids is 1. The number of aromatic amines is 1. The Bertz CT molecular complexity index is 465. The van der Waals surface area contributed by atoms with Crippen molar-refractivity contribution < 1.29 is 14.7 Å². The number of aromatic nitrogens is 2. The fourth-order valence-electron chi connectivity index (χ4n) is 2.08. The van der Waals surface area contributed by atoms with Gasteiger partial charge in [-0.15, -0.1) is 0 Å². The zero-order valence-corrected chi connectivity index (χ0v) is 12.0. The van der Waals surface area contributed by atoms with E-state index in [9.17, 15) is 14.7 Å². The van der Waals surface area contributed by atoms with Crippen molar-refractivity contribution in [1.29, 1.82) is 0 Å². The minimum atomic E-state index is -1.05. The van der Waals surface area contributed by atoms with Crippen molar-refractivity contribution in [3.8, 4) is 0 Å². The number of H-pyrrole nitrogens is 1. The third-order valence-electron chi connectivity index (χ3n) is 3.20. The van der Waals surface area contributed by atoms with Crippen LogP contribution >= 0.6 is 11.8 Å². The van der Waals surface area contributed by atoms with Crippen molar-refractivity contribution >= 4 is 23.8 Å². The average Bonchev–Trinajstić information content (AvgIpc) is 2.91. The van der Waals surface area contributed by atoms with Crippen molar-refractivity contribution in [3.63, 3.8) is 0 Å². The Balaban J connectivity index is 1.96. The molecular formula is C12H18N4O3S. The van der Waals surface area contributed by atoms with Crippen LogP contribution in [-0.4, -0.2) is 62.1 Å². The Morgan fingerprint density at radius 3 is 3.10 bits per heavy atom. The molecule has 1 saturated heterocycles. The topological polar surface area (TPSA) is 98.3 Å². The molecular weight excluding hydrogens is 280 g/mol. The maximum Gasteiger partial charge on any atom is 0.326 e. The van der Waals surface area contributed by atoms with Crippen LogP contribution in [0.3, 0.4) is 0 Å². The Hall–Kier alpha value is -1.70. The van der Waals surface area contributed by atoms with Gasteiger partial charge in [0.05, 0.1) is 6.33 Å². The number of carbonyl (C=O) groups excluding carboxylic acids is 1. The molecule has 0 radical (unpaired) electrons. The Morgan fingerprint density at radius 1 is 1.70 bits per heavy atom. The van der Waals surface area contributed by atoms with Crippen molar-refractivity contribution in [1.82, 2.24) is 20.2 Å². The van der Waals surface area contributed by atoms with Gasteiger partial charge in [0.2, 0.25) is 0 Å². The van der Waals surface area contributed by atoms with Gasteiger partial charge in [0.25, 0.3) is 0 Å². The number of urea groups is 1. The van der Waals surface area contributed by atoms with Crippen LogP contribution in [0.2, 0.25) is 0 Å². The fraction of sp³-hybridized carbons (Fsp3) is 0.583. The standard InChI is InChI=1S/C12H18N4O3S/c1-8-6-20-3-2-16(8)12(19)15-10(11(17)18)4-9-5-13-7-14-9/h5,7-8,10H,2-4,6H2,1H3,(H,13,14)(H,15,19)(H,17,18)/t8?,10-/m1/s1. The molecule has 0 bridgehead atoms. The molecule has 1 aromatic heterocycles. The van der Waals surface area contributed by atoms with Crippen molar-refractivity contribution in [3.05, 3.63) is 18.2 Å². The molecule has 2 rings (SSSR count). The number of hydrogen-bond donors (Lipinski definition) is 3. The van der Waals surface area contributed by atoms with Crippen LogP contribution < -0.4 is 5.32 Å². The highest BCUT2D eigenvalue weighted by Gasteiger charge is 2.28. The van der Waals surface area contributed by atoms with Crippen LogP contribution in [0, 0.1) is 0 Å². The number of rotatable bonds is 4. The van der Waals surface area contributed by atoms with Crippen LogP contribution in [0.25, 0.3) is 0 Å². The summed E-state index contributed by atoms with van der Waals surface area (Å²) in [7, 11) is 0. The molecule has 2 atom stereocenters. The summed E-state index contributed by atoms with van der Waals surface area (Å²) in [6.07, 6.45) is 3.24. The summed E-state index contributed by atoms with van der Waals surface area (Å²) in [6, 6.07) is -1.15. The smallest absolute Gasteiger partial charge is 0.326 e. The Labute approximate surface area is 121 Å². The van der Waals surface area contributed by atoms with Gasteiger partial charge in [0, 0.05) is 42.4 Å². The van der Waals surface area contributed by atoms with Crippen LogP contribution in [0.4, 0.5) is 4.79 Å². The van der Waals surface area contributed by atoms with Gasteiger partial charge in [-0.2, -0.15) is 11.8 Å². The van der Waals surface area contributed by atoms with Gasteiger partial charge < -0.3 is 20.3 Å². The van der Waals surface area contributed by atoms with E-state index in [2.05, 4.69) is 15.3 Å². The number of nitrogens with zero attached hydrogens (tertiary/aromatic N) is 2. The van der Waals surface area contributed by atoms with Gasteiger partial charge in [-0.25, -0.2) is 14.6 Å². The number of nitrogens with one attached hydrogen (secondary N) is 2. The minimum absolute atomic E-state index is 0.121. The fourth-order valence-corrected chi connectivity index (χ4v) is 3.09. The maximum absolute atomic E-state index is 12.2. The molecule has 110 valence electrons. The molecule has 1 aromatic rings. The zero-order valence-electron chi connectivity index (χ0n) is 11.2. The van der Waals surface area contributed by atoms with Crippen LogP contribution in [-0.2, 0) is 11.2 Å². The third-order valence-corrected chi connectivity index (χ3v) is 4.39. The first-order valence-electron chi connectivity index (χ1n) is 6.43. The summed E-state index contributed by atoms with van der Waals surface area (Å²) in [5, 5.41) is 11.8. The van der Waals surface area contributed by atoms with E-state index in [1.165, 1.54) is 6.33 Å². The quantitative estimate of drug-likeness (QED) is 0.754. The highest BCUT2D eigenvalue weighted by Crippen LogP contribution is 2.16. The molecule has 0 aromatic carbocycles. The van der Waals surface area contributed by atoms with Gasteiger partial charge in [0.1, 0.15) is 6.04 Å². The van der Waals surface area contributed by atoms with E-state index in [0.29, 0.717) is 12.2 Å². The highest BCUT2D eigenvalue weighted by molar-refractivity contribution is 7.99. The second-order valence-corrected chi connectivity index (χ2v) is 5.89. The van der Waals surface area contributed by atoms with Gasteiger partial charge >= 0.3 is 12.0 Å². The van der Waals surface area contributed by atoms with Gasteiger partial charge in [-0.1, -0.05) is 0 Å². The van der Waals surface area contributed by atoms with E-state index in [0.717, 1.165) is 11.5 Å². The molecule has 1 aliphatic rings. The summed E-state index contributed by atoms with van der Waals surface area (Å²) in [4.78, 5) is 31.8. The molecule has 7 nitrogen and oxygen atoms in total. The first-order valence-corrected chi connectivity index (χ1v) is 7.58. The van der Waals surface area contributed by atoms with E-state index in [1.54, 1.807) is 22.9 Å². The molecule has 20 heavy (non-hydrogen) atoms. The van der Waals surface area contributed by atoms with Crippen LogP contribution in [0.5, 0.6) is 0 Å². The van der Waals surface area contributed by atoms with E-state index >= 15 is 0 Å². The Kier molecular flexibility index (Phi) is 4.89. The first kappa shape index (κ1) is 14.7. The first-order chi connectivity index (χ1) is 9.58. The number of carbonyl (C=O) groups is 2. The molecule has 2 amide bonds.